The number of nitrogens with two attached hydrogens (primary N) is 1. The Labute approximate surface area is 373 Å². The van der Waals surface area contributed by atoms with Gasteiger partial charge in [-0.1, -0.05) is 244 Å². The highest BCUT2D eigenvalue weighted by Crippen LogP contribution is 2.43. The quantitative estimate of drug-likeness (QED) is 0.0272. The van der Waals surface area contributed by atoms with E-state index in [1.165, 1.54) is 212 Å². The molecule has 0 radical (unpaired) electrons. The summed E-state index contributed by atoms with van der Waals surface area (Å²) in [5.74, 6) is -0.159. The van der Waals surface area contributed by atoms with Crippen LogP contribution in [0.15, 0.2) is 12.2 Å². The van der Waals surface area contributed by atoms with Gasteiger partial charge in [-0.3, -0.25) is 13.8 Å². The number of carbonyl (C=O) groups is 1. The smallest absolute Gasteiger partial charge is 0.391 e. The highest BCUT2D eigenvalue weighted by Gasteiger charge is 2.27. The zero-order valence-electron chi connectivity index (χ0n) is 40.0. The van der Waals surface area contributed by atoms with Crippen molar-refractivity contribution < 1.29 is 28.4 Å². The van der Waals surface area contributed by atoms with E-state index in [1.54, 1.807) is 0 Å². The van der Waals surface area contributed by atoms with E-state index in [1.807, 2.05) is 0 Å². The second-order valence-electron chi connectivity index (χ2n) is 18.1. The number of phosphoric ester groups is 1. The van der Waals surface area contributed by atoms with Gasteiger partial charge in [0.05, 0.1) is 25.4 Å². The highest BCUT2D eigenvalue weighted by atomic mass is 31.2. The Bertz CT molecular complexity index is 953. The number of aliphatic hydroxyl groups excluding tert-OH is 1. The summed E-state index contributed by atoms with van der Waals surface area (Å²) in [5.41, 5.74) is 5.40. The van der Waals surface area contributed by atoms with Crippen LogP contribution < -0.4 is 11.1 Å². The zero-order valence-corrected chi connectivity index (χ0v) is 40.9. The molecule has 0 saturated carbocycles. The van der Waals surface area contributed by atoms with Crippen LogP contribution in [-0.4, -0.2) is 47.8 Å². The molecule has 0 saturated heterocycles. The Morgan fingerprint density at radius 2 is 0.867 bits per heavy atom. The van der Waals surface area contributed by atoms with E-state index in [2.05, 4.69) is 31.3 Å². The van der Waals surface area contributed by atoms with Crippen LogP contribution in [0.4, 0.5) is 0 Å². The monoisotopic (exact) mass is 871 g/mol. The molecular weight excluding hydrogens is 768 g/mol. The average molecular weight is 871 g/mol. The van der Waals surface area contributed by atoms with Crippen molar-refractivity contribution in [2.45, 2.75) is 289 Å². The standard InChI is InChI=1S/C51H103N2O6P/c1-3-5-7-9-11-13-15-17-19-21-23-25-27-29-31-33-35-37-39-41-43-45-51(55)53-49(48-59-60(56,57)58-47-46-52)50(54)44-42-40-38-36-34-32-30-28-26-24-22-20-18-16-14-12-10-8-6-4-2/h21,23,49-50,54H,3-20,22,24-48,52H2,1-2H3,(H,53,55)(H,56,57)/b23-21-. The van der Waals surface area contributed by atoms with Gasteiger partial charge in [0.1, 0.15) is 0 Å². The Hall–Kier alpha value is -0.760. The molecule has 0 aliphatic heterocycles. The van der Waals surface area contributed by atoms with Crippen molar-refractivity contribution in [3.63, 3.8) is 0 Å². The van der Waals surface area contributed by atoms with Crippen molar-refractivity contribution in [3.05, 3.63) is 12.2 Å². The van der Waals surface area contributed by atoms with Gasteiger partial charge in [0.25, 0.3) is 0 Å². The summed E-state index contributed by atoms with van der Waals surface area (Å²) in [6, 6.07) is -0.773. The van der Waals surface area contributed by atoms with Crippen molar-refractivity contribution in [1.82, 2.24) is 5.32 Å². The van der Waals surface area contributed by atoms with E-state index in [-0.39, 0.29) is 25.7 Å². The lowest BCUT2D eigenvalue weighted by molar-refractivity contribution is -0.123. The molecule has 0 aromatic heterocycles. The van der Waals surface area contributed by atoms with Crippen LogP contribution >= 0.6 is 7.82 Å². The number of hydrogen-bond donors (Lipinski definition) is 4. The van der Waals surface area contributed by atoms with E-state index >= 15 is 0 Å². The van der Waals surface area contributed by atoms with Crippen LogP contribution in [0.1, 0.15) is 277 Å². The van der Waals surface area contributed by atoms with E-state index in [0.29, 0.717) is 12.8 Å². The first-order valence-electron chi connectivity index (χ1n) is 26.3. The molecule has 0 aliphatic carbocycles. The number of allylic oxidation sites excluding steroid dienone is 2. The van der Waals surface area contributed by atoms with Gasteiger partial charge in [0, 0.05) is 13.0 Å². The summed E-state index contributed by atoms with van der Waals surface area (Å²) in [4.78, 5) is 22.9. The number of amides is 1. The lowest BCUT2D eigenvalue weighted by Crippen LogP contribution is -2.46. The molecule has 8 nitrogen and oxygen atoms in total. The summed E-state index contributed by atoms with van der Waals surface area (Å²) in [6.45, 7) is 4.25. The molecule has 1 amide bonds. The molecule has 0 fully saturated rings. The van der Waals surface area contributed by atoms with Crippen LogP contribution in [-0.2, 0) is 18.4 Å². The fraction of sp³-hybridized carbons (Fsp3) is 0.941. The number of unbranched alkanes of at least 4 members (excludes halogenated alkanes) is 36. The van der Waals surface area contributed by atoms with Crippen molar-refractivity contribution in [3.8, 4) is 0 Å². The van der Waals surface area contributed by atoms with Gasteiger partial charge in [-0.25, -0.2) is 4.57 Å². The largest absolute Gasteiger partial charge is 0.472 e. The maximum absolute atomic E-state index is 12.9. The van der Waals surface area contributed by atoms with Crippen LogP contribution in [0.2, 0.25) is 0 Å². The molecule has 0 heterocycles. The molecule has 0 aliphatic rings. The fourth-order valence-electron chi connectivity index (χ4n) is 8.13. The summed E-state index contributed by atoms with van der Waals surface area (Å²) in [7, 11) is -4.32. The third kappa shape index (κ3) is 45.3. The van der Waals surface area contributed by atoms with Gasteiger partial charge in [0.15, 0.2) is 0 Å². The summed E-state index contributed by atoms with van der Waals surface area (Å²) >= 11 is 0. The topological polar surface area (TPSA) is 131 Å². The number of nitrogens with one attached hydrogen (secondary N) is 1. The molecule has 60 heavy (non-hydrogen) atoms. The fourth-order valence-corrected chi connectivity index (χ4v) is 8.89. The zero-order chi connectivity index (χ0) is 43.9. The number of aliphatic hydroxyl groups is 1. The maximum atomic E-state index is 12.9. The molecule has 358 valence electrons. The van der Waals surface area contributed by atoms with Crippen LogP contribution in [0, 0.1) is 0 Å². The Kier molecular flexibility index (Phi) is 47.1. The van der Waals surface area contributed by atoms with Crippen LogP contribution in [0.5, 0.6) is 0 Å². The van der Waals surface area contributed by atoms with Gasteiger partial charge in [-0.15, -0.1) is 0 Å². The second-order valence-corrected chi connectivity index (χ2v) is 19.5. The molecule has 3 atom stereocenters. The number of hydrogen-bond acceptors (Lipinski definition) is 6. The van der Waals surface area contributed by atoms with Crippen molar-refractivity contribution >= 4 is 13.7 Å². The molecule has 9 heteroatoms. The summed E-state index contributed by atoms with van der Waals surface area (Å²) in [6.07, 6.45) is 55.2. The minimum absolute atomic E-state index is 0.0907. The number of carbonyl (C=O) groups excluding carboxylic acids is 1. The summed E-state index contributed by atoms with van der Waals surface area (Å²) < 4.78 is 22.3. The Balaban J connectivity index is 4.02. The molecule has 0 spiro atoms. The van der Waals surface area contributed by atoms with Crippen LogP contribution in [0.3, 0.4) is 0 Å². The van der Waals surface area contributed by atoms with E-state index < -0.39 is 20.0 Å². The first-order chi connectivity index (χ1) is 29.4. The molecule has 5 N–H and O–H groups in total. The minimum atomic E-state index is -4.32. The van der Waals surface area contributed by atoms with Gasteiger partial charge in [-0.2, -0.15) is 0 Å². The Morgan fingerprint density at radius 3 is 1.23 bits per heavy atom. The molecule has 3 unspecified atom stereocenters. The first-order valence-corrected chi connectivity index (χ1v) is 27.8. The third-order valence-electron chi connectivity index (χ3n) is 12.1. The van der Waals surface area contributed by atoms with Crippen LogP contribution in [0.25, 0.3) is 0 Å². The lowest BCUT2D eigenvalue weighted by atomic mass is 10.0. The first kappa shape index (κ1) is 59.2. The molecule has 0 bridgehead atoms. The SMILES string of the molecule is CCCCCCCCCC/C=C\CCCCCCCCCCCC(=O)NC(COP(=O)(O)OCCN)C(O)CCCCCCCCCCCCCCCCCCCCCC. The predicted molar refractivity (Wildman–Crippen MR) is 259 cm³/mol. The van der Waals surface area contributed by atoms with Gasteiger partial charge in [0.2, 0.25) is 5.91 Å². The van der Waals surface area contributed by atoms with Gasteiger partial charge >= 0.3 is 7.82 Å². The normalized spacial score (nSPS) is 13.9. The molecule has 0 rings (SSSR count). The Morgan fingerprint density at radius 1 is 0.533 bits per heavy atom. The highest BCUT2D eigenvalue weighted by molar-refractivity contribution is 7.47. The minimum Gasteiger partial charge on any atom is -0.391 e. The molecule has 0 aromatic rings. The lowest BCUT2D eigenvalue weighted by Gasteiger charge is -2.25. The van der Waals surface area contributed by atoms with E-state index in [4.69, 9.17) is 14.8 Å². The van der Waals surface area contributed by atoms with Crippen molar-refractivity contribution in [1.29, 1.82) is 0 Å². The second kappa shape index (κ2) is 47.7. The van der Waals surface area contributed by atoms with Gasteiger partial charge < -0.3 is 21.1 Å². The van der Waals surface area contributed by atoms with Crippen molar-refractivity contribution in [2.75, 3.05) is 19.8 Å². The maximum Gasteiger partial charge on any atom is 0.472 e. The number of phosphoric acid groups is 1. The number of rotatable bonds is 50. The van der Waals surface area contributed by atoms with Crippen molar-refractivity contribution in [2.24, 2.45) is 5.73 Å². The summed E-state index contributed by atoms with van der Waals surface area (Å²) in [5, 5.41) is 13.9. The van der Waals surface area contributed by atoms with E-state index in [9.17, 15) is 19.4 Å². The molecular formula is C51H103N2O6P. The predicted octanol–water partition coefficient (Wildman–Crippen LogP) is 15.5. The van der Waals surface area contributed by atoms with E-state index in [0.717, 1.165) is 38.5 Å². The van der Waals surface area contributed by atoms with Gasteiger partial charge in [-0.05, 0) is 38.5 Å². The average Bonchev–Trinajstić information content (AvgIpc) is 3.24. The molecule has 0 aromatic carbocycles. The third-order valence-corrected chi connectivity index (χ3v) is 13.1.